The minimum Gasteiger partial charge on any atom is -0.504 e. The van der Waals surface area contributed by atoms with Crippen molar-refractivity contribution >= 4 is 21.4 Å². The molecule has 4 rings (SSSR count). The van der Waals surface area contributed by atoms with E-state index in [1.54, 1.807) is 29.5 Å². The summed E-state index contributed by atoms with van der Waals surface area (Å²) in [5.41, 5.74) is 7.25. The summed E-state index contributed by atoms with van der Waals surface area (Å²) in [6.07, 6.45) is 0. The van der Waals surface area contributed by atoms with Crippen molar-refractivity contribution in [3.63, 3.8) is 0 Å². The number of aromatic hydroxyl groups is 1. The SMILES string of the molecule is CCOc1cc(C2C(C#N)=C(N)Oc3c2sc2ccccc32)ccc1O. The molecule has 0 saturated heterocycles. The Morgan fingerprint density at radius 2 is 2.12 bits per heavy atom. The van der Waals surface area contributed by atoms with Crippen LogP contribution in [-0.4, -0.2) is 11.7 Å². The highest BCUT2D eigenvalue weighted by molar-refractivity contribution is 7.19. The lowest BCUT2D eigenvalue weighted by Gasteiger charge is -2.24. The Morgan fingerprint density at radius 3 is 2.88 bits per heavy atom. The number of thiophene rings is 1. The van der Waals surface area contributed by atoms with Gasteiger partial charge in [-0.15, -0.1) is 11.3 Å². The van der Waals surface area contributed by atoms with Crippen LogP contribution in [0, 0.1) is 11.3 Å². The highest BCUT2D eigenvalue weighted by atomic mass is 32.1. The Kier molecular flexibility index (Phi) is 3.94. The van der Waals surface area contributed by atoms with Gasteiger partial charge in [0.15, 0.2) is 17.2 Å². The molecule has 1 atom stereocenters. The van der Waals surface area contributed by atoms with Gasteiger partial charge in [-0.25, -0.2) is 0 Å². The summed E-state index contributed by atoms with van der Waals surface area (Å²) < 4.78 is 12.4. The maximum atomic E-state index is 10.0. The molecule has 0 radical (unpaired) electrons. The zero-order chi connectivity index (χ0) is 18.3. The Hall–Kier alpha value is -3.17. The molecule has 0 amide bonds. The van der Waals surface area contributed by atoms with Crippen molar-refractivity contribution in [2.45, 2.75) is 12.8 Å². The maximum Gasteiger partial charge on any atom is 0.205 e. The van der Waals surface area contributed by atoms with E-state index in [2.05, 4.69) is 6.07 Å². The molecule has 130 valence electrons. The topological polar surface area (TPSA) is 88.5 Å². The third kappa shape index (κ3) is 2.45. The first kappa shape index (κ1) is 16.3. The third-order valence-electron chi connectivity index (χ3n) is 4.34. The van der Waals surface area contributed by atoms with Crippen molar-refractivity contribution in [1.29, 1.82) is 5.26 Å². The number of benzene rings is 2. The summed E-state index contributed by atoms with van der Waals surface area (Å²) >= 11 is 1.58. The normalized spacial score (nSPS) is 16.1. The van der Waals surface area contributed by atoms with Crippen LogP contribution in [0.1, 0.15) is 23.3 Å². The minimum atomic E-state index is -0.360. The number of phenols is 1. The molecule has 0 saturated carbocycles. The van der Waals surface area contributed by atoms with Crippen molar-refractivity contribution in [2.75, 3.05) is 6.61 Å². The highest BCUT2D eigenvalue weighted by Crippen LogP contribution is 2.50. The molecule has 26 heavy (non-hydrogen) atoms. The quantitative estimate of drug-likeness (QED) is 0.726. The first-order valence-electron chi connectivity index (χ1n) is 8.18. The predicted octanol–water partition coefficient (Wildman–Crippen LogP) is 4.22. The van der Waals surface area contributed by atoms with Crippen LogP contribution in [-0.2, 0) is 0 Å². The smallest absolute Gasteiger partial charge is 0.205 e. The summed E-state index contributed by atoms with van der Waals surface area (Å²) in [5, 5.41) is 20.7. The van der Waals surface area contributed by atoms with Gasteiger partial charge in [0.05, 0.1) is 17.4 Å². The van der Waals surface area contributed by atoms with Gasteiger partial charge in [-0.1, -0.05) is 18.2 Å². The summed E-state index contributed by atoms with van der Waals surface area (Å²) in [4.78, 5) is 0.921. The van der Waals surface area contributed by atoms with Crippen LogP contribution in [0.25, 0.3) is 10.1 Å². The molecule has 2 heterocycles. The van der Waals surface area contributed by atoms with Gasteiger partial charge in [-0.05, 0) is 36.8 Å². The summed E-state index contributed by atoms with van der Waals surface area (Å²) in [6, 6.07) is 15.2. The Bertz CT molecular complexity index is 1080. The van der Waals surface area contributed by atoms with Crippen molar-refractivity contribution in [1.82, 2.24) is 0 Å². The van der Waals surface area contributed by atoms with E-state index in [0.29, 0.717) is 23.7 Å². The van der Waals surface area contributed by atoms with Crippen LogP contribution >= 0.6 is 11.3 Å². The van der Waals surface area contributed by atoms with Crippen molar-refractivity contribution in [3.8, 4) is 23.3 Å². The van der Waals surface area contributed by atoms with Crippen molar-refractivity contribution in [2.24, 2.45) is 5.73 Å². The van der Waals surface area contributed by atoms with Gasteiger partial charge < -0.3 is 20.3 Å². The molecule has 1 unspecified atom stereocenters. The van der Waals surface area contributed by atoms with Gasteiger partial charge in [-0.2, -0.15) is 5.26 Å². The fraction of sp³-hybridized carbons (Fsp3) is 0.150. The second-order valence-corrected chi connectivity index (χ2v) is 6.96. The number of hydrogen-bond acceptors (Lipinski definition) is 6. The van der Waals surface area contributed by atoms with Crippen LogP contribution in [0.15, 0.2) is 53.9 Å². The fourth-order valence-corrected chi connectivity index (χ4v) is 4.46. The maximum absolute atomic E-state index is 10.0. The molecule has 2 aromatic carbocycles. The van der Waals surface area contributed by atoms with Crippen LogP contribution in [0.3, 0.4) is 0 Å². The van der Waals surface area contributed by atoms with E-state index in [1.807, 2.05) is 31.2 Å². The molecule has 0 bridgehead atoms. The first-order chi connectivity index (χ1) is 12.6. The molecule has 1 aliphatic rings. The Balaban J connectivity index is 1.95. The second-order valence-electron chi connectivity index (χ2n) is 5.88. The molecule has 0 spiro atoms. The minimum absolute atomic E-state index is 0.0645. The lowest BCUT2D eigenvalue weighted by Crippen LogP contribution is -2.19. The van der Waals surface area contributed by atoms with Crippen molar-refractivity contribution < 1.29 is 14.6 Å². The van der Waals surface area contributed by atoms with Gasteiger partial charge >= 0.3 is 0 Å². The van der Waals surface area contributed by atoms with Crippen molar-refractivity contribution in [3.05, 3.63) is 64.4 Å². The van der Waals surface area contributed by atoms with Crippen LogP contribution in [0.5, 0.6) is 17.2 Å². The molecule has 6 heteroatoms. The van der Waals surface area contributed by atoms with Gasteiger partial charge in [0, 0.05) is 10.1 Å². The zero-order valence-electron chi connectivity index (χ0n) is 14.0. The van der Waals surface area contributed by atoms with Gasteiger partial charge in [0.2, 0.25) is 5.88 Å². The molecule has 1 aliphatic heterocycles. The van der Waals surface area contributed by atoms with E-state index in [0.717, 1.165) is 20.5 Å². The van der Waals surface area contributed by atoms with E-state index in [1.165, 1.54) is 0 Å². The second kappa shape index (κ2) is 6.28. The van der Waals surface area contributed by atoms with Gasteiger partial charge in [0.1, 0.15) is 11.6 Å². The van der Waals surface area contributed by atoms with Crippen LogP contribution < -0.4 is 15.2 Å². The summed E-state index contributed by atoms with van der Waals surface area (Å²) in [6.45, 7) is 2.28. The standard InChI is InChI=1S/C20H16N2O3S/c1-2-24-15-9-11(7-8-14(15)23)17-13(10-21)20(22)25-18-12-5-3-4-6-16(12)26-19(17)18/h3-9,17,23H,2,22H2,1H3. The number of ether oxygens (including phenoxy) is 2. The average molecular weight is 364 g/mol. The number of hydrogen-bond donors (Lipinski definition) is 2. The van der Waals surface area contributed by atoms with Crippen LogP contribution in [0.4, 0.5) is 0 Å². The van der Waals surface area contributed by atoms with Crippen LogP contribution in [0.2, 0.25) is 0 Å². The van der Waals surface area contributed by atoms with E-state index >= 15 is 0 Å². The molecular weight excluding hydrogens is 348 g/mol. The van der Waals surface area contributed by atoms with Gasteiger partial charge in [0.25, 0.3) is 0 Å². The molecule has 1 aromatic heterocycles. The Morgan fingerprint density at radius 1 is 1.31 bits per heavy atom. The zero-order valence-corrected chi connectivity index (χ0v) is 14.8. The fourth-order valence-electron chi connectivity index (χ4n) is 3.19. The molecule has 0 fully saturated rings. The summed E-state index contributed by atoms with van der Waals surface area (Å²) in [5.74, 6) is 0.892. The summed E-state index contributed by atoms with van der Waals surface area (Å²) in [7, 11) is 0. The Labute approximate surface area is 154 Å². The number of phenolic OH excluding ortho intramolecular Hbond substituents is 1. The van der Waals surface area contributed by atoms with E-state index in [4.69, 9.17) is 15.2 Å². The highest BCUT2D eigenvalue weighted by Gasteiger charge is 2.34. The van der Waals surface area contributed by atoms with E-state index < -0.39 is 0 Å². The number of nitriles is 1. The lowest BCUT2D eigenvalue weighted by molar-refractivity contribution is 0.317. The third-order valence-corrected chi connectivity index (χ3v) is 5.56. The number of nitrogens with two attached hydrogens (primary N) is 1. The van der Waals surface area contributed by atoms with Gasteiger partial charge in [-0.3, -0.25) is 0 Å². The predicted molar refractivity (Wildman–Crippen MR) is 100 cm³/mol. The molecule has 3 N–H and O–H groups in total. The van der Waals surface area contributed by atoms with E-state index in [-0.39, 0.29) is 17.6 Å². The lowest BCUT2D eigenvalue weighted by atomic mass is 9.88. The monoisotopic (exact) mass is 364 g/mol. The van der Waals surface area contributed by atoms with E-state index in [9.17, 15) is 10.4 Å². The number of allylic oxidation sites excluding steroid dienone is 1. The molecule has 3 aromatic rings. The first-order valence-corrected chi connectivity index (χ1v) is 9.00. The molecule has 5 nitrogen and oxygen atoms in total. The molecule has 0 aliphatic carbocycles. The largest absolute Gasteiger partial charge is 0.504 e. The number of nitrogens with zero attached hydrogens (tertiary/aromatic N) is 1. The number of fused-ring (bicyclic) bond motifs is 3. The average Bonchev–Trinajstić information content (AvgIpc) is 3.01. The molecular formula is C20H16N2O3S. The number of rotatable bonds is 3.